The first kappa shape index (κ1) is 13.4. The van der Waals surface area contributed by atoms with Crippen LogP contribution in [-0.4, -0.2) is 9.97 Å². The van der Waals surface area contributed by atoms with Gasteiger partial charge >= 0.3 is 6.18 Å². The summed E-state index contributed by atoms with van der Waals surface area (Å²) in [5.74, 6) is 0.244. The maximum atomic E-state index is 12.6. The Bertz CT molecular complexity index is 601. The third-order valence-corrected chi connectivity index (χ3v) is 2.43. The molecule has 0 aliphatic heterocycles. The van der Waals surface area contributed by atoms with Gasteiger partial charge in [0.1, 0.15) is 0 Å². The molecular formula is C11H8ClF3N4. The van der Waals surface area contributed by atoms with Crippen molar-refractivity contribution in [1.82, 2.24) is 9.97 Å². The zero-order valence-corrected chi connectivity index (χ0v) is 10.1. The van der Waals surface area contributed by atoms with Gasteiger partial charge in [-0.3, -0.25) is 0 Å². The van der Waals surface area contributed by atoms with Crippen molar-refractivity contribution in [2.45, 2.75) is 6.18 Å². The van der Waals surface area contributed by atoms with E-state index in [9.17, 15) is 13.2 Å². The molecule has 1 heterocycles. The molecule has 0 bridgehead atoms. The van der Waals surface area contributed by atoms with Gasteiger partial charge in [0.2, 0.25) is 0 Å². The van der Waals surface area contributed by atoms with Crippen LogP contribution in [0.2, 0.25) is 5.02 Å². The van der Waals surface area contributed by atoms with E-state index in [1.807, 2.05) is 0 Å². The summed E-state index contributed by atoms with van der Waals surface area (Å²) in [5.41, 5.74) is 4.81. The molecule has 8 heteroatoms. The molecule has 0 amide bonds. The van der Waals surface area contributed by atoms with Crippen LogP contribution >= 0.6 is 11.6 Å². The van der Waals surface area contributed by atoms with Gasteiger partial charge < -0.3 is 11.1 Å². The molecule has 0 saturated carbocycles. The second-order valence-electron chi connectivity index (χ2n) is 3.64. The quantitative estimate of drug-likeness (QED) is 0.888. The fourth-order valence-corrected chi connectivity index (χ4v) is 1.64. The zero-order chi connectivity index (χ0) is 14.0. The normalized spacial score (nSPS) is 11.4. The van der Waals surface area contributed by atoms with Crippen molar-refractivity contribution in [2.24, 2.45) is 0 Å². The number of halogens is 4. The summed E-state index contributed by atoms with van der Waals surface area (Å²) in [4.78, 5) is 7.64. The number of rotatable bonds is 2. The van der Waals surface area contributed by atoms with Gasteiger partial charge in [-0.1, -0.05) is 11.6 Å². The van der Waals surface area contributed by atoms with Gasteiger partial charge in [-0.25, -0.2) is 9.97 Å². The summed E-state index contributed by atoms with van der Waals surface area (Å²) in [6.07, 6.45) is -1.73. The summed E-state index contributed by atoms with van der Waals surface area (Å²) < 4.78 is 37.9. The molecule has 0 unspecified atom stereocenters. The molecule has 3 N–H and O–H groups in total. The number of benzene rings is 1. The number of anilines is 3. The average molecular weight is 289 g/mol. The number of aromatic nitrogens is 2. The van der Waals surface area contributed by atoms with E-state index in [0.717, 1.165) is 12.1 Å². The number of hydrogen-bond donors (Lipinski definition) is 2. The molecule has 0 fully saturated rings. The fourth-order valence-electron chi connectivity index (χ4n) is 1.41. The minimum absolute atomic E-state index is 0.0419. The van der Waals surface area contributed by atoms with Crippen LogP contribution in [0.3, 0.4) is 0 Å². The summed E-state index contributed by atoms with van der Waals surface area (Å²) in [6.45, 7) is 0. The number of alkyl halides is 3. The summed E-state index contributed by atoms with van der Waals surface area (Å²) in [6, 6.07) is 3.09. The monoisotopic (exact) mass is 288 g/mol. The SMILES string of the molecule is Nc1nccnc1Nc1cc(Cl)cc(C(F)(F)F)c1. The van der Waals surface area contributed by atoms with Gasteiger partial charge in [-0.05, 0) is 18.2 Å². The Morgan fingerprint density at radius 3 is 2.42 bits per heavy atom. The van der Waals surface area contributed by atoms with Crippen LogP contribution in [0.25, 0.3) is 0 Å². The van der Waals surface area contributed by atoms with Gasteiger partial charge in [-0.15, -0.1) is 0 Å². The lowest BCUT2D eigenvalue weighted by molar-refractivity contribution is -0.137. The Balaban J connectivity index is 2.36. The van der Waals surface area contributed by atoms with E-state index in [-0.39, 0.29) is 22.3 Å². The lowest BCUT2D eigenvalue weighted by atomic mass is 10.2. The number of nitrogens with two attached hydrogens (primary N) is 1. The summed E-state index contributed by atoms with van der Waals surface area (Å²) >= 11 is 5.65. The van der Waals surface area contributed by atoms with E-state index >= 15 is 0 Å². The van der Waals surface area contributed by atoms with Crippen LogP contribution in [0.4, 0.5) is 30.5 Å². The van der Waals surface area contributed by atoms with Gasteiger partial charge in [0.05, 0.1) is 5.56 Å². The van der Waals surface area contributed by atoms with Crippen molar-refractivity contribution in [1.29, 1.82) is 0 Å². The van der Waals surface area contributed by atoms with E-state index in [0.29, 0.717) is 0 Å². The van der Waals surface area contributed by atoms with Gasteiger partial charge in [0, 0.05) is 23.1 Å². The third kappa shape index (κ3) is 3.25. The Hall–Kier alpha value is -2.02. The highest BCUT2D eigenvalue weighted by molar-refractivity contribution is 6.31. The minimum Gasteiger partial charge on any atom is -0.381 e. The average Bonchev–Trinajstić information content (AvgIpc) is 2.30. The van der Waals surface area contributed by atoms with Crippen molar-refractivity contribution in [3.05, 3.63) is 41.2 Å². The second-order valence-corrected chi connectivity index (χ2v) is 4.08. The molecule has 4 nitrogen and oxygen atoms in total. The zero-order valence-electron chi connectivity index (χ0n) is 9.37. The molecule has 0 aliphatic carbocycles. The number of nitrogens with zero attached hydrogens (tertiary/aromatic N) is 2. The molecule has 0 aliphatic rings. The standard InChI is InChI=1S/C11H8ClF3N4/c12-7-3-6(11(13,14)15)4-8(5-7)19-10-9(16)17-1-2-18-10/h1-5H,(H2,16,17)(H,18,19). The van der Waals surface area contributed by atoms with Gasteiger partial charge in [0.15, 0.2) is 11.6 Å². The topological polar surface area (TPSA) is 63.8 Å². The molecule has 2 rings (SSSR count). The van der Waals surface area contributed by atoms with Crippen LogP contribution in [0.5, 0.6) is 0 Å². The molecule has 1 aromatic heterocycles. The van der Waals surface area contributed by atoms with Crippen molar-refractivity contribution in [2.75, 3.05) is 11.1 Å². The van der Waals surface area contributed by atoms with Crippen molar-refractivity contribution in [3.63, 3.8) is 0 Å². The molecule has 1 aromatic carbocycles. The van der Waals surface area contributed by atoms with E-state index < -0.39 is 11.7 Å². The van der Waals surface area contributed by atoms with E-state index in [2.05, 4.69) is 15.3 Å². The summed E-state index contributed by atoms with van der Waals surface area (Å²) in [5, 5.41) is 2.60. The maximum absolute atomic E-state index is 12.6. The number of hydrogen-bond acceptors (Lipinski definition) is 4. The molecule has 19 heavy (non-hydrogen) atoms. The van der Waals surface area contributed by atoms with Crippen molar-refractivity contribution < 1.29 is 13.2 Å². The van der Waals surface area contributed by atoms with Crippen LogP contribution in [0.1, 0.15) is 5.56 Å². The summed E-state index contributed by atoms with van der Waals surface area (Å²) in [7, 11) is 0. The van der Waals surface area contributed by atoms with Crippen molar-refractivity contribution in [3.8, 4) is 0 Å². The van der Waals surface area contributed by atoms with Crippen LogP contribution in [-0.2, 0) is 6.18 Å². The molecule has 0 radical (unpaired) electrons. The fraction of sp³-hybridized carbons (Fsp3) is 0.0909. The Labute approximate surface area is 111 Å². The van der Waals surface area contributed by atoms with Crippen LogP contribution in [0.15, 0.2) is 30.6 Å². The van der Waals surface area contributed by atoms with E-state index in [4.69, 9.17) is 17.3 Å². The first-order valence-corrected chi connectivity index (χ1v) is 5.45. The van der Waals surface area contributed by atoms with Gasteiger partial charge in [-0.2, -0.15) is 13.2 Å². The number of nitrogens with one attached hydrogen (secondary N) is 1. The Morgan fingerprint density at radius 1 is 1.11 bits per heavy atom. The smallest absolute Gasteiger partial charge is 0.381 e. The molecule has 100 valence electrons. The third-order valence-electron chi connectivity index (χ3n) is 2.21. The van der Waals surface area contributed by atoms with E-state index in [1.54, 1.807) is 0 Å². The molecule has 2 aromatic rings. The second kappa shape index (κ2) is 4.93. The lowest BCUT2D eigenvalue weighted by Gasteiger charge is -2.11. The highest BCUT2D eigenvalue weighted by Gasteiger charge is 2.31. The first-order valence-electron chi connectivity index (χ1n) is 5.07. The van der Waals surface area contributed by atoms with Crippen molar-refractivity contribution >= 4 is 28.9 Å². The largest absolute Gasteiger partial charge is 0.416 e. The van der Waals surface area contributed by atoms with E-state index in [1.165, 1.54) is 18.5 Å². The highest BCUT2D eigenvalue weighted by Crippen LogP contribution is 2.34. The molecule has 0 atom stereocenters. The Kier molecular flexibility index (Phi) is 3.48. The predicted octanol–water partition coefficient (Wildman–Crippen LogP) is 3.47. The van der Waals surface area contributed by atoms with Gasteiger partial charge in [0.25, 0.3) is 0 Å². The maximum Gasteiger partial charge on any atom is 0.416 e. The van der Waals surface area contributed by atoms with Crippen LogP contribution < -0.4 is 11.1 Å². The lowest BCUT2D eigenvalue weighted by Crippen LogP contribution is -2.06. The number of nitrogen functional groups attached to an aromatic ring is 1. The highest BCUT2D eigenvalue weighted by atomic mass is 35.5. The Morgan fingerprint density at radius 2 is 1.79 bits per heavy atom. The molecular weight excluding hydrogens is 281 g/mol. The first-order chi connectivity index (χ1) is 8.86. The molecule has 0 spiro atoms. The van der Waals surface area contributed by atoms with Crippen LogP contribution in [0, 0.1) is 0 Å². The molecule has 0 saturated heterocycles. The minimum atomic E-state index is -4.48. The predicted molar refractivity (Wildman–Crippen MR) is 66.2 cm³/mol.